The van der Waals surface area contributed by atoms with Gasteiger partial charge in [-0.25, -0.2) is 0 Å². The van der Waals surface area contributed by atoms with Gasteiger partial charge in [0.2, 0.25) is 5.91 Å². The molecular formula is C13H20F3N3O. The fraction of sp³-hybridized carbons (Fsp3) is 0.923. The zero-order chi connectivity index (χ0) is 14.6. The molecule has 1 saturated carbocycles. The molecule has 3 rings (SSSR count). The molecule has 3 N–H and O–H groups in total. The van der Waals surface area contributed by atoms with Crippen molar-refractivity contribution in [2.45, 2.75) is 37.4 Å². The summed E-state index contributed by atoms with van der Waals surface area (Å²) in [5, 5.41) is 2.90. The molecule has 0 unspecified atom stereocenters. The number of rotatable bonds is 1. The number of nitrogens with two attached hydrogens (primary N) is 1. The number of carbonyl (C=O) groups is 1. The van der Waals surface area contributed by atoms with E-state index >= 15 is 0 Å². The van der Waals surface area contributed by atoms with E-state index in [0.29, 0.717) is 6.54 Å². The lowest BCUT2D eigenvalue weighted by Gasteiger charge is -2.41. The van der Waals surface area contributed by atoms with E-state index in [4.69, 9.17) is 5.73 Å². The summed E-state index contributed by atoms with van der Waals surface area (Å²) in [4.78, 5) is 13.9. The van der Waals surface area contributed by atoms with Gasteiger partial charge >= 0.3 is 6.18 Å². The van der Waals surface area contributed by atoms with Crippen molar-refractivity contribution in [3.63, 3.8) is 0 Å². The van der Waals surface area contributed by atoms with Gasteiger partial charge in [-0.05, 0) is 44.7 Å². The molecule has 1 amide bonds. The van der Waals surface area contributed by atoms with Gasteiger partial charge in [0.05, 0.1) is 0 Å². The van der Waals surface area contributed by atoms with Crippen LogP contribution in [0, 0.1) is 11.3 Å². The summed E-state index contributed by atoms with van der Waals surface area (Å²) in [6.45, 7) is 1.13. The number of likely N-dealkylation sites (tertiary alicyclic amines) is 1. The molecule has 0 radical (unpaired) electrons. The van der Waals surface area contributed by atoms with Crippen molar-refractivity contribution in [3.8, 4) is 0 Å². The number of nitrogens with zero attached hydrogens (tertiary/aromatic N) is 1. The normalized spacial score (nSPS) is 36.4. The van der Waals surface area contributed by atoms with Crippen LogP contribution in [0.1, 0.15) is 25.7 Å². The van der Waals surface area contributed by atoms with E-state index in [1.165, 1.54) is 4.90 Å². The van der Waals surface area contributed by atoms with Crippen molar-refractivity contribution in [1.29, 1.82) is 0 Å². The average molecular weight is 291 g/mol. The van der Waals surface area contributed by atoms with Crippen molar-refractivity contribution in [2.75, 3.05) is 26.2 Å². The molecule has 7 heteroatoms. The Bertz CT molecular complexity index is 420. The maximum absolute atomic E-state index is 13.5. The van der Waals surface area contributed by atoms with E-state index < -0.39 is 23.0 Å². The van der Waals surface area contributed by atoms with Crippen molar-refractivity contribution in [1.82, 2.24) is 10.2 Å². The first-order chi connectivity index (χ1) is 9.29. The first-order valence-corrected chi connectivity index (χ1v) is 7.14. The molecular weight excluding hydrogens is 271 g/mol. The van der Waals surface area contributed by atoms with Gasteiger partial charge in [-0.2, -0.15) is 13.2 Å². The predicted molar refractivity (Wildman–Crippen MR) is 66.8 cm³/mol. The first kappa shape index (κ1) is 14.1. The largest absolute Gasteiger partial charge is 0.403 e. The van der Waals surface area contributed by atoms with Crippen LogP contribution in [0.2, 0.25) is 0 Å². The Morgan fingerprint density at radius 1 is 1.25 bits per heavy atom. The maximum Gasteiger partial charge on any atom is 0.403 e. The van der Waals surface area contributed by atoms with Crippen molar-refractivity contribution < 1.29 is 18.0 Å². The molecule has 20 heavy (non-hydrogen) atoms. The minimum absolute atomic E-state index is 0.173. The zero-order valence-corrected chi connectivity index (χ0v) is 11.3. The highest BCUT2D eigenvalue weighted by Crippen LogP contribution is 2.49. The highest BCUT2D eigenvalue weighted by molar-refractivity contribution is 5.84. The van der Waals surface area contributed by atoms with Gasteiger partial charge < -0.3 is 16.0 Å². The number of nitrogens with one attached hydrogen (secondary N) is 1. The fourth-order valence-corrected chi connectivity index (χ4v) is 3.82. The number of amides is 1. The molecule has 1 aliphatic carbocycles. The molecule has 0 spiro atoms. The number of alkyl halides is 3. The number of piperidine rings is 1. The van der Waals surface area contributed by atoms with E-state index in [1.807, 2.05) is 0 Å². The Labute approximate surface area is 115 Å². The Hall–Kier alpha value is -0.820. The summed E-state index contributed by atoms with van der Waals surface area (Å²) >= 11 is 0. The monoisotopic (exact) mass is 291 g/mol. The van der Waals surface area contributed by atoms with Gasteiger partial charge in [0.15, 0.2) is 0 Å². The minimum Gasteiger partial charge on any atom is -0.340 e. The number of hydrogen-bond acceptors (Lipinski definition) is 3. The third-order valence-electron chi connectivity index (χ3n) is 5.39. The molecule has 2 aliphatic heterocycles. The first-order valence-electron chi connectivity index (χ1n) is 7.14. The van der Waals surface area contributed by atoms with Crippen molar-refractivity contribution in [2.24, 2.45) is 17.1 Å². The molecule has 2 atom stereocenters. The summed E-state index contributed by atoms with van der Waals surface area (Å²) < 4.78 is 40.5. The van der Waals surface area contributed by atoms with Crippen LogP contribution in [0.4, 0.5) is 13.2 Å². The van der Waals surface area contributed by atoms with Gasteiger partial charge in [0.1, 0.15) is 5.41 Å². The van der Waals surface area contributed by atoms with Crippen LogP contribution in [0.25, 0.3) is 0 Å². The van der Waals surface area contributed by atoms with Gasteiger partial charge in [-0.1, -0.05) is 0 Å². The molecule has 0 aromatic heterocycles. The fourth-order valence-electron chi connectivity index (χ4n) is 3.82. The SMILES string of the molecule is N[C@]12CC[C@H]1CN(C(=O)C1(C(F)(F)F)CCNCC1)C2. The molecule has 114 valence electrons. The van der Waals surface area contributed by atoms with Crippen LogP contribution < -0.4 is 11.1 Å². The molecule has 3 aliphatic rings. The van der Waals surface area contributed by atoms with E-state index in [2.05, 4.69) is 5.32 Å². The summed E-state index contributed by atoms with van der Waals surface area (Å²) in [5.41, 5.74) is 3.49. The maximum atomic E-state index is 13.5. The topological polar surface area (TPSA) is 58.4 Å². The highest BCUT2D eigenvalue weighted by atomic mass is 19.4. The molecule has 0 bridgehead atoms. The Morgan fingerprint density at radius 2 is 1.90 bits per heavy atom. The second-order valence-corrected chi connectivity index (χ2v) is 6.48. The van der Waals surface area contributed by atoms with E-state index in [0.717, 1.165) is 12.8 Å². The van der Waals surface area contributed by atoms with Gasteiger partial charge in [0.25, 0.3) is 0 Å². The van der Waals surface area contributed by atoms with Crippen molar-refractivity contribution in [3.05, 3.63) is 0 Å². The van der Waals surface area contributed by atoms with Crippen molar-refractivity contribution >= 4 is 5.91 Å². The van der Waals surface area contributed by atoms with Gasteiger partial charge in [0, 0.05) is 18.6 Å². The average Bonchev–Trinajstić information content (AvgIpc) is 2.62. The standard InChI is InChI=1S/C13H20F3N3O/c14-13(15,16)11(3-5-18-6-4-11)10(20)19-7-9-1-2-12(9,17)8-19/h9,18H,1-8,17H2/t9-,12-/m0/s1. The smallest absolute Gasteiger partial charge is 0.340 e. The quantitative estimate of drug-likeness (QED) is 0.753. The van der Waals surface area contributed by atoms with Crippen LogP contribution in [0.3, 0.4) is 0 Å². The predicted octanol–water partition coefficient (Wildman–Crippen LogP) is 0.868. The van der Waals surface area contributed by atoms with Crippen LogP contribution in [-0.4, -0.2) is 48.7 Å². The molecule has 4 nitrogen and oxygen atoms in total. The molecule has 0 aromatic carbocycles. The van der Waals surface area contributed by atoms with Crippen LogP contribution in [0.15, 0.2) is 0 Å². The summed E-state index contributed by atoms with van der Waals surface area (Å²) in [6, 6.07) is 0. The second kappa shape index (κ2) is 4.34. The Balaban J connectivity index is 1.83. The summed E-state index contributed by atoms with van der Waals surface area (Å²) in [6.07, 6.45) is -3.11. The lowest BCUT2D eigenvalue weighted by molar-refractivity contribution is -0.233. The Morgan fingerprint density at radius 3 is 2.30 bits per heavy atom. The van der Waals surface area contributed by atoms with E-state index in [9.17, 15) is 18.0 Å². The highest BCUT2D eigenvalue weighted by Gasteiger charge is 2.63. The van der Waals surface area contributed by atoms with Gasteiger partial charge in [-0.3, -0.25) is 4.79 Å². The van der Waals surface area contributed by atoms with Crippen LogP contribution in [0.5, 0.6) is 0 Å². The minimum atomic E-state index is -4.49. The zero-order valence-electron chi connectivity index (χ0n) is 11.3. The molecule has 0 aromatic rings. The summed E-state index contributed by atoms with van der Waals surface area (Å²) in [7, 11) is 0. The number of hydrogen-bond donors (Lipinski definition) is 2. The third kappa shape index (κ3) is 1.86. The Kier molecular flexibility index (Phi) is 3.06. The lowest BCUT2D eigenvalue weighted by atomic mass is 9.70. The van der Waals surface area contributed by atoms with E-state index in [1.54, 1.807) is 0 Å². The van der Waals surface area contributed by atoms with Crippen LogP contribution >= 0.6 is 0 Å². The second-order valence-electron chi connectivity index (χ2n) is 6.48. The lowest BCUT2D eigenvalue weighted by Crippen LogP contribution is -2.58. The number of halogens is 3. The molecule has 3 fully saturated rings. The summed E-state index contributed by atoms with van der Waals surface area (Å²) in [5.74, 6) is -0.579. The van der Waals surface area contributed by atoms with E-state index in [-0.39, 0.29) is 38.4 Å². The van der Waals surface area contributed by atoms with Crippen LogP contribution in [-0.2, 0) is 4.79 Å². The number of fused-ring (bicyclic) bond motifs is 1. The van der Waals surface area contributed by atoms with Gasteiger partial charge in [-0.15, -0.1) is 0 Å². The molecule has 2 heterocycles. The molecule has 2 saturated heterocycles. The number of carbonyl (C=O) groups excluding carboxylic acids is 1. The third-order valence-corrected chi connectivity index (χ3v) is 5.39.